The molecule has 0 heterocycles. The predicted octanol–water partition coefficient (Wildman–Crippen LogP) is 3.78. The number of rotatable bonds is 5. The zero-order valence-corrected chi connectivity index (χ0v) is 16.1. The molecule has 0 bridgehead atoms. The van der Waals surface area contributed by atoms with Gasteiger partial charge in [0.2, 0.25) is 5.91 Å². The van der Waals surface area contributed by atoms with Gasteiger partial charge in [0.1, 0.15) is 0 Å². The van der Waals surface area contributed by atoms with E-state index in [4.69, 9.17) is 0 Å². The maximum atomic E-state index is 13.2. The van der Waals surface area contributed by atoms with Gasteiger partial charge in [-0.2, -0.15) is 0 Å². The molecule has 1 aliphatic carbocycles. The zero-order chi connectivity index (χ0) is 18.8. The lowest BCUT2D eigenvalue weighted by Crippen LogP contribution is -2.43. The van der Waals surface area contributed by atoms with Crippen molar-refractivity contribution in [2.24, 2.45) is 0 Å². The summed E-state index contributed by atoms with van der Waals surface area (Å²) in [6.45, 7) is 1.93. The molecule has 0 unspecified atom stereocenters. The summed E-state index contributed by atoms with van der Waals surface area (Å²) in [5, 5.41) is 3.15. The summed E-state index contributed by atoms with van der Waals surface area (Å²) in [5.74, 6) is 0.0564. The molecule has 0 spiro atoms. The molecule has 2 aromatic carbocycles. The molecule has 138 valence electrons. The molecule has 1 saturated carbocycles. The second kappa shape index (κ2) is 7.23. The third-order valence-corrected chi connectivity index (χ3v) is 6.50. The van der Waals surface area contributed by atoms with E-state index in [1.165, 1.54) is 6.26 Å². The Morgan fingerprint density at radius 2 is 1.58 bits per heavy atom. The first-order valence-electron chi connectivity index (χ1n) is 8.99. The van der Waals surface area contributed by atoms with Gasteiger partial charge >= 0.3 is 0 Å². The number of amides is 1. The van der Waals surface area contributed by atoms with Gasteiger partial charge in [-0.05, 0) is 43.0 Å². The van der Waals surface area contributed by atoms with Crippen LogP contribution in [-0.2, 0) is 20.0 Å². The van der Waals surface area contributed by atoms with E-state index < -0.39 is 15.3 Å². The quantitative estimate of drug-likeness (QED) is 0.870. The fourth-order valence-electron chi connectivity index (χ4n) is 3.80. The van der Waals surface area contributed by atoms with Crippen molar-refractivity contribution in [1.82, 2.24) is 5.32 Å². The van der Waals surface area contributed by atoms with Gasteiger partial charge in [-0.1, -0.05) is 55.3 Å². The van der Waals surface area contributed by atoms with Crippen molar-refractivity contribution >= 4 is 15.7 Å². The fraction of sp³-hybridized carbons (Fsp3) is 0.381. The normalized spacial score (nSPS) is 17.6. The number of carbonyl (C=O) groups excluding carboxylic acids is 1. The number of nitrogens with one attached hydrogen (secondary N) is 1. The van der Waals surface area contributed by atoms with Crippen LogP contribution < -0.4 is 5.32 Å². The number of carbonyl (C=O) groups is 1. The van der Waals surface area contributed by atoms with Gasteiger partial charge in [-0.15, -0.1) is 0 Å². The minimum Gasteiger partial charge on any atom is -0.349 e. The Morgan fingerprint density at radius 1 is 1.00 bits per heavy atom. The van der Waals surface area contributed by atoms with Crippen molar-refractivity contribution in [1.29, 1.82) is 0 Å². The van der Waals surface area contributed by atoms with E-state index in [0.717, 1.165) is 36.8 Å². The predicted molar refractivity (Wildman–Crippen MR) is 103 cm³/mol. The first-order chi connectivity index (χ1) is 12.3. The lowest BCUT2D eigenvalue weighted by Gasteiger charge is -2.30. The molecule has 1 atom stereocenters. The van der Waals surface area contributed by atoms with E-state index in [0.29, 0.717) is 0 Å². The summed E-state index contributed by atoms with van der Waals surface area (Å²) in [4.78, 5) is 13.5. The van der Waals surface area contributed by atoms with Crippen LogP contribution in [-0.4, -0.2) is 20.6 Å². The van der Waals surface area contributed by atoms with Crippen LogP contribution in [0.5, 0.6) is 0 Å². The molecule has 2 aromatic rings. The summed E-state index contributed by atoms with van der Waals surface area (Å²) < 4.78 is 23.2. The van der Waals surface area contributed by atoms with Gasteiger partial charge in [0, 0.05) is 6.26 Å². The van der Waals surface area contributed by atoms with Crippen molar-refractivity contribution in [2.45, 2.75) is 49.0 Å². The van der Waals surface area contributed by atoms with E-state index in [1.807, 2.05) is 37.3 Å². The second-order valence-electron chi connectivity index (χ2n) is 7.19. The zero-order valence-electron chi connectivity index (χ0n) is 15.2. The Morgan fingerprint density at radius 3 is 2.12 bits per heavy atom. The van der Waals surface area contributed by atoms with Crippen LogP contribution in [0, 0.1) is 0 Å². The minimum atomic E-state index is -3.21. The standard InChI is InChI=1S/C21H25NO3S/c1-16(17-10-12-19(13-11-17)26(2,24)25)22-20(23)21(14-6-7-15-21)18-8-4-3-5-9-18/h3-5,8-13,16H,6-7,14-15H2,1-2H3,(H,22,23)/t16-/m0/s1. The lowest BCUT2D eigenvalue weighted by atomic mass is 9.77. The molecule has 0 aliphatic heterocycles. The van der Waals surface area contributed by atoms with Gasteiger partial charge in [-0.3, -0.25) is 4.79 Å². The Kier molecular flexibility index (Phi) is 5.19. The molecule has 1 aliphatic rings. The lowest BCUT2D eigenvalue weighted by molar-refractivity contribution is -0.127. The fourth-order valence-corrected chi connectivity index (χ4v) is 4.43. The molecule has 1 N–H and O–H groups in total. The van der Waals surface area contributed by atoms with Crippen LogP contribution in [0.4, 0.5) is 0 Å². The minimum absolute atomic E-state index is 0.0564. The van der Waals surface area contributed by atoms with Crippen molar-refractivity contribution in [3.63, 3.8) is 0 Å². The second-order valence-corrected chi connectivity index (χ2v) is 9.21. The van der Waals surface area contributed by atoms with E-state index >= 15 is 0 Å². The number of hydrogen-bond acceptors (Lipinski definition) is 3. The molecular weight excluding hydrogens is 346 g/mol. The number of hydrogen-bond donors (Lipinski definition) is 1. The van der Waals surface area contributed by atoms with Crippen molar-refractivity contribution in [3.05, 3.63) is 65.7 Å². The van der Waals surface area contributed by atoms with E-state index in [-0.39, 0.29) is 16.8 Å². The van der Waals surface area contributed by atoms with Crippen LogP contribution in [0.3, 0.4) is 0 Å². The first kappa shape index (κ1) is 18.6. The van der Waals surface area contributed by atoms with Gasteiger partial charge in [0.05, 0.1) is 16.4 Å². The average molecular weight is 372 g/mol. The van der Waals surface area contributed by atoms with E-state index in [2.05, 4.69) is 5.32 Å². The molecule has 0 saturated heterocycles. The number of sulfone groups is 1. The van der Waals surface area contributed by atoms with E-state index in [9.17, 15) is 13.2 Å². The Hall–Kier alpha value is -2.14. The molecule has 1 fully saturated rings. The van der Waals surface area contributed by atoms with Crippen molar-refractivity contribution in [3.8, 4) is 0 Å². The highest BCUT2D eigenvalue weighted by Crippen LogP contribution is 2.41. The molecule has 4 nitrogen and oxygen atoms in total. The largest absolute Gasteiger partial charge is 0.349 e. The number of benzene rings is 2. The summed E-state index contributed by atoms with van der Waals surface area (Å²) in [5.41, 5.74) is 1.52. The van der Waals surface area contributed by atoms with Crippen LogP contribution in [0.25, 0.3) is 0 Å². The highest BCUT2D eigenvalue weighted by molar-refractivity contribution is 7.90. The maximum Gasteiger partial charge on any atom is 0.231 e. The van der Waals surface area contributed by atoms with E-state index in [1.54, 1.807) is 24.3 Å². The molecule has 5 heteroatoms. The average Bonchev–Trinajstić information content (AvgIpc) is 3.13. The highest BCUT2D eigenvalue weighted by Gasteiger charge is 2.42. The molecule has 0 aromatic heterocycles. The van der Waals surface area contributed by atoms with Crippen LogP contribution >= 0.6 is 0 Å². The molecule has 26 heavy (non-hydrogen) atoms. The molecule has 3 rings (SSSR count). The first-order valence-corrected chi connectivity index (χ1v) is 10.9. The van der Waals surface area contributed by atoms with Crippen molar-refractivity contribution in [2.75, 3.05) is 6.26 Å². The van der Waals surface area contributed by atoms with Crippen molar-refractivity contribution < 1.29 is 13.2 Å². The summed E-state index contributed by atoms with van der Waals surface area (Å²) in [6, 6.07) is 16.6. The third kappa shape index (κ3) is 3.68. The summed E-state index contributed by atoms with van der Waals surface area (Å²) in [6.07, 6.45) is 5.03. The highest BCUT2D eigenvalue weighted by atomic mass is 32.2. The monoisotopic (exact) mass is 371 g/mol. The molecule has 0 radical (unpaired) electrons. The topological polar surface area (TPSA) is 63.2 Å². The van der Waals surface area contributed by atoms with Crippen LogP contribution in [0.2, 0.25) is 0 Å². The third-order valence-electron chi connectivity index (χ3n) is 5.37. The smallest absolute Gasteiger partial charge is 0.231 e. The van der Waals surface area contributed by atoms with Gasteiger partial charge in [0.15, 0.2) is 9.84 Å². The van der Waals surface area contributed by atoms with Gasteiger partial charge < -0.3 is 5.32 Å². The summed E-state index contributed by atoms with van der Waals surface area (Å²) >= 11 is 0. The Bertz CT molecular complexity index is 867. The SMILES string of the molecule is C[C@H](NC(=O)C1(c2ccccc2)CCCC1)c1ccc(S(C)(=O)=O)cc1. The van der Waals surface area contributed by atoms with Gasteiger partial charge in [0.25, 0.3) is 0 Å². The Balaban J connectivity index is 1.80. The summed E-state index contributed by atoms with van der Waals surface area (Å²) in [7, 11) is -3.21. The van der Waals surface area contributed by atoms with Gasteiger partial charge in [-0.25, -0.2) is 8.42 Å². The van der Waals surface area contributed by atoms with Crippen LogP contribution in [0.1, 0.15) is 49.8 Å². The maximum absolute atomic E-state index is 13.2. The van der Waals surface area contributed by atoms with Crippen LogP contribution in [0.15, 0.2) is 59.5 Å². The molecular formula is C21H25NO3S. The molecule has 1 amide bonds. The Labute approximate surface area is 155 Å².